The van der Waals surface area contributed by atoms with Crippen molar-refractivity contribution >= 4 is 5.91 Å². The lowest BCUT2D eigenvalue weighted by Gasteiger charge is -2.15. The summed E-state index contributed by atoms with van der Waals surface area (Å²) in [5, 5.41) is 11.6. The van der Waals surface area contributed by atoms with Crippen LogP contribution in [-0.4, -0.2) is 29.8 Å². The summed E-state index contributed by atoms with van der Waals surface area (Å²) in [5.74, 6) is -1.12. The normalized spacial score (nSPS) is 26.7. The van der Waals surface area contributed by atoms with E-state index in [-0.39, 0.29) is 12.5 Å². The molecule has 1 aliphatic carbocycles. The van der Waals surface area contributed by atoms with Crippen LogP contribution in [0, 0.1) is 5.92 Å². The van der Waals surface area contributed by atoms with Gasteiger partial charge in [-0.25, -0.2) is 0 Å². The molecule has 88 valence electrons. The van der Waals surface area contributed by atoms with Crippen molar-refractivity contribution in [3.63, 3.8) is 0 Å². The Bertz CT molecular complexity index is 230. The van der Waals surface area contributed by atoms with Crippen LogP contribution in [0.3, 0.4) is 0 Å². The summed E-state index contributed by atoms with van der Waals surface area (Å²) in [5.41, 5.74) is 0. The minimum absolute atomic E-state index is 0.0952. The zero-order valence-corrected chi connectivity index (χ0v) is 8.18. The maximum absolute atomic E-state index is 11.8. The predicted octanol–water partition coefficient (Wildman–Crippen LogP) is 1.22. The number of hydrogen-bond acceptors (Lipinski definition) is 2. The van der Waals surface area contributed by atoms with Gasteiger partial charge < -0.3 is 10.4 Å². The highest BCUT2D eigenvalue weighted by molar-refractivity contribution is 5.76. The third-order valence-electron chi connectivity index (χ3n) is 2.54. The Morgan fingerprint density at radius 1 is 1.40 bits per heavy atom. The molecule has 0 radical (unpaired) electrons. The number of aliphatic hydroxyl groups is 1. The molecule has 2 atom stereocenters. The van der Waals surface area contributed by atoms with E-state index in [9.17, 15) is 23.1 Å². The smallest absolute Gasteiger partial charge is 0.393 e. The van der Waals surface area contributed by atoms with E-state index >= 15 is 0 Å². The van der Waals surface area contributed by atoms with Crippen molar-refractivity contribution in [1.29, 1.82) is 0 Å². The van der Waals surface area contributed by atoms with Crippen molar-refractivity contribution in [3.8, 4) is 0 Å². The van der Waals surface area contributed by atoms with Gasteiger partial charge in [0.2, 0.25) is 5.91 Å². The number of hydrogen-bond donors (Lipinski definition) is 2. The summed E-state index contributed by atoms with van der Waals surface area (Å²) in [6, 6.07) is 0. The largest absolute Gasteiger partial charge is 0.397 e. The summed E-state index contributed by atoms with van der Waals surface area (Å²) in [6.45, 7) is 0.135. The second-order valence-corrected chi connectivity index (χ2v) is 3.85. The number of carbonyl (C=O) groups excluding carboxylic acids is 1. The molecule has 0 aromatic carbocycles. The van der Waals surface area contributed by atoms with Crippen LogP contribution in [0.2, 0.25) is 0 Å². The van der Waals surface area contributed by atoms with Crippen molar-refractivity contribution in [2.45, 2.75) is 38.0 Å². The van der Waals surface area contributed by atoms with Crippen LogP contribution in [0.1, 0.15) is 25.7 Å². The summed E-state index contributed by atoms with van der Waals surface area (Å²) >= 11 is 0. The third kappa shape index (κ3) is 4.51. The minimum atomic E-state index is -4.46. The fourth-order valence-corrected chi connectivity index (χ4v) is 1.74. The van der Waals surface area contributed by atoms with Crippen molar-refractivity contribution in [2.24, 2.45) is 5.92 Å². The molecule has 1 fully saturated rings. The first-order valence-corrected chi connectivity index (χ1v) is 4.90. The number of aliphatic hydroxyl groups excluding tert-OH is 1. The zero-order valence-electron chi connectivity index (χ0n) is 8.18. The lowest BCUT2D eigenvalue weighted by Crippen LogP contribution is -2.34. The van der Waals surface area contributed by atoms with E-state index in [4.69, 9.17) is 0 Å². The second-order valence-electron chi connectivity index (χ2n) is 3.85. The highest BCUT2D eigenvalue weighted by Crippen LogP contribution is 2.25. The van der Waals surface area contributed by atoms with Gasteiger partial charge in [0.25, 0.3) is 0 Å². The maximum atomic E-state index is 11.8. The highest BCUT2D eigenvalue weighted by Gasteiger charge is 2.32. The number of carbonyl (C=O) groups is 1. The molecule has 3 nitrogen and oxygen atoms in total. The van der Waals surface area contributed by atoms with E-state index in [1.807, 2.05) is 0 Å². The first kappa shape index (κ1) is 12.3. The van der Waals surface area contributed by atoms with Crippen LogP contribution in [0.15, 0.2) is 0 Å². The molecule has 0 aromatic heterocycles. The molecular formula is C9H14F3NO2. The van der Waals surface area contributed by atoms with Crippen LogP contribution in [-0.2, 0) is 4.79 Å². The molecule has 0 saturated heterocycles. The average Bonchev–Trinajstić information content (AvgIpc) is 2.44. The highest BCUT2D eigenvalue weighted by atomic mass is 19.4. The lowest BCUT2D eigenvalue weighted by molar-refractivity contribution is -0.153. The van der Waals surface area contributed by atoms with Gasteiger partial charge in [-0.1, -0.05) is 6.42 Å². The predicted molar refractivity (Wildman–Crippen MR) is 47.0 cm³/mol. The number of rotatable bonds is 3. The van der Waals surface area contributed by atoms with E-state index in [1.165, 1.54) is 0 Å². The van der Waals surface area contributed by atoms with Crippen molar-refractivity contribution in [1.82, 2.24) is 5.32 Å². The third-order valence-corrected chi connectivity index (χ3v) is 2.54. The Kier molecular flexibility index (Phi) is 3.96. The Morgan fingerprint density at radius 3 is 2.53 bits per heavy atom. The van der Waals surface area contributed by atoms with E-state index < -0.39 is 24.6 Å². The summed E-state index contributed by atoms with van der Waals surface area (Å²) < 4.78 is 35.3. The van der Waals surface area contributed by atoms with E-state index in [0.717, 1.165) is 12.8 Å². The van der Waals surface area contributed by atoms with Gasteiger partial charge in [-0.2, -0.15) is 13.2 Å². The Hall–Kier alpha value is -0.780. The van der Waals surface area contributed by atoms with Gasteiger partial charge >= 0.3 is 6.18 Å². The molecule has 15 heavy (non-hydrogen) atoms. The molecule has 2 N–H and O–H groups in total. The molecule has 0 aromatic rings. The quantitative estimate of drug-likeness (QED) is 0.758. The summed E-state index contributed by atoms with van der Waals surface area (Å²) in [6.07, 6.45) is -4.11. The van der Waals surface area contributed by atoms with Crippen LogP contribution < -0.4 is 5.32 Å². The zero-order chi connectivity index (χ0) is 11.5. The SMILES string of the molecule is O=C(CC(F)(F)F)NCC1CCCC1O. The lowest BCUT2D eigenvalue weighted by atomic mass is 10.1. The van der Waals surface area contributed by atoms with Gasteiger partial charge in [0.1, 0.15) is 6.42 Å². The number of nitrogens with one attached hydrogen (secondary N) is 1. The molecule has 6 heteroatoms. The number of alkyl halides is 3. The van der Waals surface area contributed by atoms with Crippen LogP contribution in [0.4, 0.5) is 13.2 Å². The van der Waals surface area contributed by atoms with Gasteiger partial charge in [-0.15, -0.1) is 0 Å². The van der Waals surface area contributed by atoms with Crippen molar-refractivity contribution in [2.75, 3.05) is 6.54 Å². The average molecular weight is 225 g/mol. The van der Waals surface area contributed by atoms with Crippen LogP contribution >= 0.6 is 0 Å². The molecule has 1 amide bonds. The molecule has 0 bridgehead atoms. The van der Waals surface area contributed by atoms with Crippen LogP contribution in [0.5, 0.6) is 0 Å². The van der Waals surface area contributed by atoms with Gasteiger partial charge in [0, 0.05) is 12.5 Å². The molecule has 2 unspecified atom stereocenters. The minimum Gasteiger partial charge on any atom is -0.393 e. The van der Waals surface area contributed by atoms with Gasteiger partial charge in [-0.05, 0) is 12.8 Å². The monoisotopic (exact) mass is 225 g/mol. The molecular weight excluding hydrogens is 211 g/mol. The molecule has 0 heterocycles. The van der Waals surface area contributed by atoms with E-state index in [2.05, 4.69) is 5.32 Å². The van der Waals surface area contributed by atoms with Gasteiger partial charge in [0.15, 0.2) is 0 Å². The molecule has 1 rings (SSSR count). The Balaban J connectivity index is 2.22. The van der Waals surface area contributed by atoms with E-state index in [0.29, 0.717) is 6.42 Å². The molecule has 1 saturated carbocycles. The number of halogens is 3. The van der Waals surface area contributed by atoms with Crippen molar-refractivity contribution in [3.05, 3.63) is 0 Å². The Morgan fingerprint density at radius 2 is 2.07 bits per heavy atom. The van der Waals surface area contributed by atoms with E-state index in [1.54, 1.807) is 0 Å². The maximum Gasteiger partial charge on any atom is 0.397 e. The molecule has 0 aliphatic heterocycles. The fraction of sp³-hybridized carbons (Fsp3) is 0.889. The first-order chi connectivity index (χ1) is 6.88. The standard InChI is InChI=1S/C9H14F3NO2/c10-9(11,12)4-8(15)13-5-6-2-1-3-7(6)14/h6-7,14H,1-5H2,(H,13,15). The first-order valence-electron chi connectivity index (χ1n) is 4.90. The van der Waals surface area contributed by atoms with Gasteiger partial charge in [0.05, 0.1) is 6.10 Å². The topological polar surface area (TPSA) is 49.3 Å². The summed E-state index contributed by atoms with van der Waals surface area (Å²) in [4.78, 5) is 10.8. The summed E-state index contributed by atoms with van der Waals surface area (Å²) in [7, 11) is 0. The molecule has 0 spiro atoms. The Labute approximate surface area is 85.7 Å². The van der Waals surface area contributed by atoms with Gasteiger partial charge in [-0.3, -0.25) is 4.79 Å². The molecule has 1 aliphatic rings. The van der Waals surface area contributed by atoms with Crippen molar-refractivity contribution < 1.29 is 23.1 Å². The van der Waals surface area contributed by atoms with Crippen LogP contribution in [0.25, 0.3) is 0 Å². The number of amides is 1. The fourth-order valence-electron chi connectivity index (χ4n) is 1.74. The second kappa shape index (κ2) is 4.83.